The van der Waals surface area contributed by atoms with E-state index in [0.717, 1.165) is 30.9 Å². The van der Waals surface area contributed by atoms with Crippen LogP contribution in [0, 0.1) is 12.7 Å². The van der Waals surface area contributed by atoms with Gasteiger partial charge in [-0.3, -0.25) is 14.1 Å². The summed E-state index contributed by atoms with van der Waals surface area (Å²) in [5.41, 5.74) is 3.19. The highest BCUT2D eigenvalue weighted by Crippen LogP contribution is 2.25. The summed E-state index contributed by atoms with van der Waals surface area (Å²) in [5.74, 6) is -0.329. The molecule has 0 saturated carbocycles. The number of fused-ring (bicyclic) bond motifs is 1. The van der Waals surface area contributed by atoms with Crippen LogP contribution < -0.4 is 10.3 Å². The number of methoxy groups -OCH3 is 1. The number of rotatable bonds is 3. The van der Waals surface area contributed by atoms with Gasteiger partial charge in [0, 0.05) is 17.7 Å². The maximum absolute atomic E-state index is 14.1. The van der Waals surface area contributed by atoms with Crippen molar-refractivity contribution in [3.63, 3.8) is 0 Å². The fraction of sp³-hybridized carbons (Fsp3) is 0.286. The first-order valence-corrected chi connectivity index (χ1v) is 9.13. The van der Waals surface area contributed by atoms with Gasteiger partial charge in [0.05, 0.1) is 32.1 Å². The summed E-state index contributed by atoms with van der Waals surface area (Å²) in [6, 6.07) is 8.03. The highest BCUT2D eigenvalue weighted by molar-refractivity contribution is 5.65. The number of pyridine rings is 1. The number of aromatic nitrogens is 2. The van der Waals surface area contributed by atoms with Crippen molar-refractivity contribution in [3.05, 3.63) is 58.3 Å². The molecule has 1 aliphatic heterocycles. The largest absolute Gasteiger partial charge is 0.494 e. The van der Waals surface area contributed by atoms with Crippen molar-refractivity contribution in [1.29, 1.82) is 0 Å². The molecule has 0 unspecified atom stereocenters. The first kappa shape index (κ1) is 18.3. The second kappa shape index (κ2) is 7.16. The normalized spacial score (nSPS) is 14.9. The average molecular weight is 381 g/mol. The van der Waals surface area contributed by atoms with E-state index in [-0.39, 0.29) is 11.3 Å². The smallest absolute Gasteiger partial charge is 0.258 e. The van der Waals surface area contributed by atoms with Crippen molar-refractivity contribution < 1.29 is 13.7 Å². The van der Waals surface area contributed by atoms with Gasteiger partial charge >= 0.3 is 0 Å². The standard InChI is InChI=1S/C21H22FN4O2/c1-14-10-16(25-8-6-24(2)7-9-25)13-26-20(27)12-18(23-21(14)26)15-4-5-19(28-3)17(22)11-15/h4-5,8,10-13H,6-7,9H2,1-3H3/q+1. The summed E-state index contributed by atoms with van der Waals surface area (Å²) >= 11 is 0. The van der Waals surface area contributed by atoms with E-state index in [9.17, 15) is 9.18 Å². The highest BCUT2D eigenvalue weighted by Gasteiger charge is 2.19. The Bertz CT molecular complexity index is 1150. The predicted octanol–water partition coefficient (Wildman–Crippen LogP) is 2.48. The molecule has 1 aromatic carbocycles. The minimum Gasteiger partial charge on any atom is -0.494 e. The average Bonchev–Trinajstić information content (AvgIpc) is 2.69. The van der Waals surface area contributed by atoms with Crippen LogP contribution in [0.3, 0.4) is 0 Å². The van der Waals surface area contributed by atoms with Gasteiger partial charge in [0.25, 0.3) is 5.56 Å². The number of benzene rings is 1. The number of likely N-dealkylation sites (N-methyl/N-ethyl adjacent to an activating group) is 1. The molecule has 3 heterocycles. The second-order valence-corrected chi connectivity index (χ2v) is 7.04. The lowest BCUT2D eigenvalue weighted by Gasteiger charge is -2.18. The molecule has 1 aliphatic rings. The van der Waals surface area contributed by atoms with Crippen LogP contribution in [0.2, 0.25) is 0 Å². The number of ether oxygens (including phenoxy) is 1. The summed E-state index contributed by atoms with van der Waals surface area (Å²) < 4.78 is 22.7. The molecule has 0 spiro atoms. The van der Waals surface area contributed by atoms with Gasteiger partial charge in [-0.25, -0.2) is 9.37 Å². The fourth-order valence-corrected chi connectivity index (χ4v) is 3.41. The molecule has 0 aliphatic carbocycles. The van der Waals surface area contributed by atoms with E-state index in [1.165, 1.54) is 25.3 Å². The molecule has 0 amide bonds. The lowest BCUT2D eigenvalue weighted by molar-refractivity contribution is -0.443. The van der Waals surface area contributed by atoms with Gasteiger partial charge in [0.1, 0.15) is 5.65 Å². The van der Waals surface area contributed by atoms with Crippen LogP contribution in [0.5, 0.6) is 5.75 Å². The monoisotopic (exact) mass is 381 g/mol. The third-order valence-electron chi connectivity index (χ3n) is 5.05. The molecule has 0 atom stereocenters. The molecule has 7 heteroatoms. The third-order valence-corrected chi connectivity index (χ3v) is 5.05. The molecule has 0 fully saturated rings. The maximum Gasteiger partial charge on any atom is 0.258 e. The predicted molar refractivity (Wildman–Crippen MR) is 106 cm³/mol. The zero-order valence-corrected chi connectivity index (χ0v) is 16.1. The van der Waals surface area contributed by atoms with Crippen LogP contribution >= 0.6 is 0 Å². The van der Waals surface area contributed by atoms with Crippen molar-refractivity contribution >= 4 is 17.5 Å². The Labute approximate surface area is 162 Å². The molecule has 4 rings (SSSR count). The molecule has 3 aromatic rings. The van der Waals surface area contributed by atoms with Crippen LogP contribution in [0.25, 0.3) is 16.9 Å². The second-order valence-electron chi connectivity index (χ2n) is 7.04. The maximum atomic E-state index is 14.1. The van der Waals surface area contributed by atoms with Crippen LogP contribution in [0.1, 0.15) is 5.56 Å². The number of hydrogen-bond donors (Lipinski definition) is 0. The molecule has 144 valence electrons. The minimum atomic E-state index is -0.486. The number of halogens is 1. The Morgan fingerprint density at radius 2 is 2.07 bits per heavy atom. The zero-order chi connectivity index (χ0) is 19.8. The van der Waals surface area contributed by atoms with Crippen molar-refractivity contribution in [2.24, 2.45) is 0 Å². The van der Waals surface area contributed by atoms with Crippen LogP contribution in [0.15, 0.2) is 41.3 Å². The number of aryl methyl sites for hydroxylation is 1. The quantitative estimate of drug-likeness (QED) is 0.654. The molecule has 28 heavy (non-hydrogen) atoms. The minimum absolute atomic E-state index is 0.158. The SMILES string of the molecule is COc1ccc(-c2cc(=O)n3cc([N+]4=CCN(C)CC4)cc(C)c3n2)cc1F. The van der Waals surface area contributed by atoms with Gasteiger partial charge in [-0.05, 0) is 37.7 Å². The summed E-state index contributed by atoms with van der Waals surface area (Å²) in [6.45, 7) is 4.63. The summed E-state index contributed by atoms with van der Waals surface area (Å²) in [7, 11) is 3.49. The molecule has 0 saturated heterocycles. The van der Waals surface area contributed by atoms with Crippen LogP contribution in [-0.2, 0) is 0 Å². The fourth-order valence-electron chi connectivity index (χ4n) is 3.41. The van der Waals surface area contributed by atoms with Gasteiger partial charge in [0.2, 0.25) is 5.69 Å². The van der Waals surface area contributed by atoms with Gasteiger partial charge in [-0.1, -0.05) is 0 Å². The van der Waals surface area contributed by atoms with Crippen molar-refractivity contribution in [1.82, 2.24) is 14.3 Å². The Kier molecular flexibility index (Phi) is 4.68. The van der Waals surface area contributed by atoms with E-state index in [4.69, 9.17) is 4.74 Å². The van der Waals surface area contributed by atoms with E-state index in [1.807, 2.05) is 19.2 Å². The van der Waals surface area contributed by atoms with Crippen molar-refractivity contribution in [2.75, 3.05) is 33.8 Å². The van der Waals surface area contributed by atoms with Gasteiger partial charge in [-0.15, -0.1) is 0 Å². The van der Waals surface area contributed by atoms with E-state index >= 15 is 0 Å². The Morgan fingerprint density at radius 3 is 2.75 bits per heavy atom. The summed E-state index contributed by atoms with van der Waals surface area (Å²) in [4.78, 5) is 19.6. The van der Waals surface area contributed by atoms with Crippen molar-refractivity contribution in [3.8, 4) is 17.0 Å². The lowest BCUT2D eigenvalue weighted by Crippen LogP contribution is -2.35. The number of nitrogens with zero attached hydrogens (tertiary/aromatic N) is 4. The molecule has 0 radical (unpaired) electrons. The first-order chi connectivity index (χ1) is 13.5. The molecule has 2 aromatic heterocycles. The Hall–Kier alpha value is -3.06. The van der Waals surface area contributed by atoms with E-state index < -0.39 is 5.82 Å². The van der Waals surface area contributed by atoms with Gasteiger partial charge in [0.15, 0.2) is 24.3 Å². The molecular formula is C21H22FN4O2+. The third kappa shape index (κ3) is 3.29. The Morgan fingerprint density at radius 1 is 1.25 bits per heavy atom. The van der Waals surface area contributed by atoms with E-state index in [1.54, 1.807) is 10.5 Å². The zero-order valence-electron chi connectivity index (χ0n) is 16.1. The summed E-state index contributed by atoms with van der Waals surface area (Å²) in [6.07, 6.45) is 3.94. The van der Waals surface area contributed by atoms with E-state index in [0.29, 0.717) is 16.9 Å². The number of hydrogen-bond acceptors (Lipinski definition) is 4. The molecule has 0 bridgehead atoms. The van der Waals surface area contributed by atoms with Gasteiger partial charge in [-0.2, -0.15) is 4.58 Å². The van der Waals surface area contributed by atoms with Gasteiger partial charge < -0.3 is 4.74 Å². The van der Waals surface area contributed by atoms with E-state index in [2.05, 4.69) is 27.7 Å². The molecule has 6 nitrogen and oxygen atoms in total. The lowest BCUT2D eigenvalue weighted by atomic mass is 10.1. The Balaban J connectivity index is 1.82. The van der Waals surface area contributed by atoms with Crippen LogP contribution in [0.4, 0.5) is 10.1 Å². The molecule has 0 N–H and O–H groups in total. The van der Waals surface area contributed by atoms with Crippen LogP contribution in [-0.4, -0.2) is 58.9 Å². The first-order valence-electron chi connectivity index (χ1n) is 9.13. The molecular weight excluding hydrogens is 359 g/mol. The topological polar surface area (TPSA) is 49.9 Å². The highest BCUT2D eigenvalue weighted by atomic mass is 19.1. The van der Waals surface area contributed by atoms with Crippen molar-refractivity contribution in [2.45, 2.75) is 6.92 Å². The summed E-state index contributed by atoms with van der Waals surface area (Å²) in [5, 5.41) is 0.